The van der Waals surface area contributed by atoms with Gasteiger partial charge in [0.15, 0.2) is 0 Å². The second kappa shape index (κ2) is 12.7. The molecule has 6 rings (SSSR count). The Morgan fingerprint density at radius 2 is 1.68 bits per heavy atom. The third-order valence-electron chi connectivity index (χ3n) is 8.47. The Labute approximate surface area is 256 Å². The third kappa shape index (κ3) is 6.73. The molecule has 3 aromatic carbocycles. The van der Waals surface area contributed by atoms with Crippen molar-refractivity contribution in [2.45, 2.75) is 26.1 Å². The summed E-state index contributed by atoms with van der Waals surface area (Å²) in [5.74, 6) is 0.640. The summed E-state index contributed by atoms with van der Waals surface area (Å²) in [5.41, 5.74) is 4.72. The Balaban J connectivity index is 1.16. The smallest absolute Gasteiger partial charge is 0.367 e. The molecule has 44 heavy (non-hydrogen) atoms. The van der Waals surface area contributed by atoms with Crippen molar-refractivity contribution < 1.29 is 18.0 Å². The Bertz CT molecular complexity index is 1620. The number of aryl methyl sites for hydroxylation is 1. The first kappa shape index (κ1) is 29.7. The normalized spacial score (nSPS) is 15.5. The topological polar surface area (TPSA) is 51.7 Å². The number of rotatable bonds is 7. The quantitative estimate of drug-likeness (QED) is 0.263. The number of hydrogen-bond donors (Lipinski definition) is 1. The molecule has 4 aromatic rings. The number of nitrogens with zero attached hydrogens (tertiary/aromatic N) is 4. The molecule has 2 aliphatic rings. The molecular formula is C35H36F3N5O. The minimum absolute atomic E-state index is 0.00268. The van der Waals surface area contributed by atoms with Gasteiger partial charge >= 0.3 is 6.18 Å². The van der Waals surface area contributed by atoms with Gasteiger partial charge in [-0.05, 0) is 54.3 Å². The average Bonchev–Trinajstić information content (AvgIpc) is 3.04. The van der Waals surface area contributed by atoms with Gasteiger partial charge in [-0.25, -0.2) is 4.98 Å². The molecule has 1 saturated heterocycles. The van der Waals surface area contributed by atoms with Gasteiger partial charge in [-0.15, -0.1) is 0 Å². The van der Waals surface area contributed by atoms with Crippen LogP contribution in [0, 0.1) is 6.92 Å². The van der Waals surface area contributed by atoms with Crippen LogP contribution in [0.5, 0.6) is 0 Å². The second-order valence-electron chi connectivity index (χ2n) is 11.5. The zero-order valence-corrected chi connectivity index (χ0v) is 24.8. The van der Waals surface area contributed by atoms with E-state index >= 15 is 0 Å². The Morgan fingerprint density at radius 3 is 2.45 bits per heavy atom. The van der Waals surface area contributed by atoms with Crippen LogP contribution in [0.2, 0.25) is 0 Å². The lowest BCUT2D eigenvalue weighted by molar-refractivity contribution is -0.138. The van der Waals surface area contributed by atoms with Crippen molar-refractivity contribution in [3.63, 3.8) is 0 Å². The lowest BCUT2D eigenvalue weighted by Crippen LogP contribution is -2.49. The largest absolute Gasteiger partial charge is 0.416 e. The molecule has 0 spiro atoms. The van der Waals surface area contributed by atoms with Crippen LogP contribution in [0.15, 0.2) is 85.1 Å². The van der Waals surface area contributed by atoms with Crippen LogP contribution in [0.4, 0.5) is 24.7 Å². The zero-order chi connectivity index (χ0) is 30.7. The van der Waals surface area contributed by atoms with Gasteiger partial charge in [0.2, 0.25) is 0 Å². The third-order valence-corrected chi connectivity index (χ3v) is 8.47. The maximum atomic E-state index is 13.8. The van der Waals surface area contributed by atoms with Gasteiger partial charge < -0.3 is 15.1 Å². The fraction of sp³-hybridized carbons (Fsp3) is 0.314. The minimum atomic E-state index is -4.43. The highest BCUT2D eigenvalue weighted by Crippen LogP contribution is 2.37. The first-order valence-electron chi connectivity index (χ1n) is 15.1. The summed E-state index contributed by atoms with van der Waals surface area (Å²) in [7, 11) is 0. The van der Waals surface area contributed by atoms with Crippen molar-refractivity contribution in [2.24, 2.45) is 0 Å². The number of halogens is 3. The predicted molar refractivity (Wildman–Crippen MR) is 168 cm³/mol. The molecule has 0 atom stereocenters. The highest BCUT2D eigenvalue weighted by atomic mass is 19.4. The number of aromatic nitrogens is 1. The number of piperazine rings is 1. The maximum Gasteiger partial charge on any atom is 0.416 e. The summed E-state index contributed by atoms with van der Waals surface area (Å²) in [6.07, 6.45) is -1.69. The summed E-state index contributed by atoms with van der Waals surface area (Å²) in [6.45, 7) is 7.05. The van der Waals surface area contributed by atoms with Crippen molar-refractivity contribution in [1.82, 2.24) is 14.8 Å². The number of amides is 1. The summed E-state index contributed by atoms with van der Waals surface area (Å²) in [5, 5.41) is 3.27. The van der Waals surface area contributed by atoms with E-state index in [1.807, 2.05) is 46.2 Å². The van der Waals surface area contributed by atoms with Gasteiger partial charge in [0, 0.05) is 69.7 Å². The second-order valence-corrected chi connectivity index (χ2v) is 11.5. The van der Waals surface area contributed by atoms with Crippen LogP contribution >= 0.6 is 0 Å². The van der Waals surface area contributed by atoms with Crippen LogP contribution < -0.4 is 10.2 Å². The first-order chi connectivity index (χ1) is 21.2. The maximum absolute atomic E-state index is 13.8. The van der Waals surface area contributed by atoms with Crippen molar-refractivity contribution in [1.29, 1.82) is 0 Å². The summed E-state index contributed by atoms with van der Waals surface area (Å²) in [4.78, 5) is 24.3. The minimum Gasteiger partial charge on any atom is -0.367 e. The molecule has 0 aliphatic carbocycles. The van der Waals surface area contributed by atoms with Crippen molar-refractivity contribution in [2.75, 3.05) is 56.0 Å². The zero-order valence-electron chi connectivity index (χ0n) is 24.8. The van der Waals surface area contributed by atoms with Crippen LogP contribution in [0.1, 0.15) is 32.6 Å². The molecule has 1 amide bonds. The molecule has 2 aliphatic heterocycles. The highest BCUT2D eigenvalue weighted by Gasteiger charge is 2.34. The fourth-order valence-corrected chi connectivity index (χ4v) is 6.04. The number of benzene rings is 3. The van der Waals surface area contributed by atoms with E-state index in [1.165, 1.54) is 11.6 Å². The SMILES string of the molecule is Cc1ccc(C(F)(F)F)c(CN2CCNc3ncc(-c4cccc(C(=O)N5CCN(CCc6ccccc6)CC5)c4)cc32)c1. The van der Waals surface area contributed by atoms with Gasteiger partial charge in [0.25, 0.3) is 5.91 Å². The molecule has 0 radical (unpaired) electrons. The molecule has 9 heteroatoms. The van der Waals surface area contributed by atoms with Gasteiger partial charge in [-0.3, -0.25) is 9.69 Å². The molecule has 0 saturated carbocycles. The molecule has 0 bridgehead atoms. The van der Waals surface area contributed by atoms with Crippen molar-refractivity contribution in [3.05, 3.63) is 113 Å². The van der Waals surface area contributed by atoms with E-state index in [9.17, 15) is 18.0 Å². The van der Waals surface area contributed by atoms with E-state index < -0.39 is 11.7 Å². The standard InChI is InChI=1S/C35H36F3N5O/c1-25-10-11-31(35(36,37)38)30(20-25)24-43-15-13-39-33-32(43)22-29(23-40-33)27-8-5-9-28(21-27)34(44)42-18-16-41(17-19-42)14-12-26-6-3-2-4-7-26/h2-11,20-23H,12-19,24H2,1H3,(H,39,40). The Kier molecular flexibility index (Phi) is 8.57. The van der Waals surface area contributed by atoms with Crippen LogP contribution in [-0.2, 0) is 19.1 Å². The predicted octanol–water partition coefficient (Wildman–Crippen LogP) is 6.51. The van der Waals surface area contributed by atoms with Crippen LogP contribution in [0.3, 0.4) is 0 Å². The van der Waals surface area contributed by atoms with Gasteiger partial charge in [0.1, 0.15) is 5.82 Å². The first-order valence-corrected chi connectivity index (χ1v) is 15.1. The summed E-state index contributed by atoms with van der Waals surface area (Å²) in [6, 6.07) is 24.2. The van der Waals surface area contributed by atoms with Gasteiger partial charge in [-0.1, -0.05) is 60.2 Å². The number of pyridine rings is 1. The monoisotopic (exact) mass is 599 g/mol. The van der Waals surface area contributed by atoms with E-state index in [0.717, 1.165) is 54.5 Å². The summed E-state index contributed by atoms with van der Waals surface area (Å²) >= 11 is 0. The number of carbonyl (C=O) groups excluding carboxylic acids is 1. The molecule has 1 aromatic heterocycles. The number of hydrogen-bond acceptors (Lipinski definition) is 5. The van der Waals surface area contributed by atoms with Crippen LogP contribution in [0.25, 0.3) is 11.1 Å². The lowest BCUT2D eigenvalue weighted by atomic mass is 10.0. The summed E-state index contributed by atoms with van der Waals surface area (Å²) < 4.78 is 41.4. The lowest BCUT2D eigenvalue weighted by Gasteiger charge is -2.35. The molecule has 1 fully saturated rings. The molecule has 3 heterocycles. The molecule has 6 nitrogen and oxygen atoms in total. The van der Waals surface area contributed by atoms with Crippen molar-refractivity contribution in [3.8, 4) is 11.1 Å². The van der Waals surface area contributed by atoms with E-state index in [2.05, 4.69) is 39.5 Å². The Hall–Kier alpha value is -4.37. The highest BCUT2D eigenvalue weighted by molar-refractivity contribution is 5.95. The molecule has 1 N–H and O–H groups in total. The van der Waals surface area contributed by atoms with Crippen LogP contribution in [-0.4, -0.2) is 66.5 Å². The number of carbonyl (C=O) groups is 1. The number of anilines is 2. The average molecular weight is 600 g/mol. The molecule has 228 valence electrons. The number of fused-ring (bicyclic) bond motifs is 1. The van der Waals surface area contributed by atoms with Gasteiger partial charge in [-0.2, -0.15) is 13.2 Å². The van der Waals surface area contributed by atoms with E-state index in [4.69, 9.17) is 0 Å². The van der Waals surface area contributed by atoms with E-state index in [-0.39, 0.29) is 18.0 Å². The van der Waals surface area contributed by atoms with E-state index in [0.29, 0.717) is 37.6 Å². The fourth-order valence-electron chi connectivity index (χ4n) is 6.04. The number of nitrogens with one attached hydrogen (secondary N) is 1. The van der Waals surface area contributed by atoms with E-state index in [1.54, 1.807) is 19.2 Å². The van der Waals surface area contributed by atoms with Gasteiger partial charge in [0.05, 0.1) is 11.3 Å². The van der Waals surface area contributed by atoms with Crippen molar-refractivity contribution >= 4 is 17.4 Å². The number of alkyl halides is 3. The Morgan fingerprint density at radius 1 is 0.886 bits per heavy atom. The molecular weight excluding hydrogens is 563 g/mol. The molecule has 0 unspecified atom stereocenters.